The fourth-order valence-electron chi connectivity index (χ4n) is 2.83. The molecule has 3 rings (SSSR count). The van der Waals surface area contributed by atoms with E-state index in [9.17, 15) is 4.79 Å². The van der Waals surface area contributed by atoms with Crippen LogP contribution >= 0.6 is 12.6 Å². The van der Waals surface area contributed by atoms with E-state index in [2.05, 4.69) is 28.6 Å². The van der Waals surface area contributed by atoms with Crippen molar-refractivity contribution in [3.8, 4) is 11.3 Å². The fourth-order valence-corrected chi connectivity index (χ4v) is 2.96. The van der Waals surface area contributed by atoms with Gasteiger partial charge in [0.15, 0.2) is 5.82 Å². The molecule has 0 aliphatic rings. The van der Waals surface area contributed by atoms with Crippen LogP contribution in [0.1, 0.15) is 5.56 Å². The number of amides is 1. The number of hydrogen-bond acceptors (Lipinski definition) is 6. The summed E-state index contributed by atoms with van der Waals surface area (Å²) < 4.78 is 0. The average molecular weight is 422 g/mol. The first-order valence-electron chi connectivity index (χ1n) is 9.87. The Morgan fingerprint density at radius 2 is 1.67 bits per heavy atom. The lowest BCUT2D eigenvalue weighted by molar-refractivity contribution is -0.119. The molecule has 2 aromatic carbocycles. The van der Waals surface area contributed by atoms with E-state index in [1.54, 1.807) is 0 Å². The quantitative estimate of drug-likeness (QED) is 0.324. The van der Waals surface area contributed by atoms with Gasteiger partial charge in [-0.25, -0.2) is 4.98 Å². The topological polar surface area (TPSA) is 92.1 Å². The van der Waals surface area contributed by atoms with E-state index < -0.39 is 0 Å². The van der Waals surface area contributed by atoms with Gasteiger partial charge in [-0.1, -0.05) is 60.7 Å². The molecule has 1 heterocycles. The van der Waals surface area contributed by atoms with Gasteiger partial charge in [-0.3, -0.25) is 4.79 Å². The standard InChI is InChI=1S/C23H27N5OS/c24-19(16-30)14-25-21-12-11-20(18-9-5-2-6-10-18)28-23(21)27-15-22(29)26-13-17-7-3-1-4-8-17/h1-12,19,25,30H,13-16,24H2,(H,26,29)(H,27,28). The number of nitrogens with two attached hydrogens (primary N) is 1. The number of anilines is 2. The molecule has 5 N–H and O–H groups in total. The van der Waals surface area contributed by atoms with Crippen LogP contribution in [0.2, 0.25) is 0 Å². The lowest BCUT2D eigenvalue weighted by Gasteiger charge is -2.16. The third kappa shape index (κ3) is 6.50. The second-order valence-corrected chi connectivity index (χ2v) is 7.26. The smallest absolute Gasteiger partial charge is 0.239 e. The molecule has 3 aromatic rings. The molecule has 0 radical (unpaired) electrons. The Hall–Kier alpha value is -3.03. The van der Waals surface area contributed by atoms with Gasteiger partial charge < -0.3 is 21.7 Å². The maximum absolute atomic E-state index is 12.3. The van der Waals surface area contributed by atoms with Gasteiger partial charge >= 0.3 is 0 Å². The number of benzene rings is 2. The number of pyridine rings is 1. The van der Waals surface area contributed by atoms with Gasteiger partial charge in [0.2, 0.25) is 5.91 Å². The number of hydrogen-bond donors (Lipinski definition) is 5. The lowest BCUT2D eigenvalue weighted by Crippen LogP contribution is -2.32. The lowest BCUT2D eigenvalue weighted by atomic mass is 10.1. The van der Waals surface area contributed by atoms with E-state index in [1.807, 2.05) is 72.8 Å². The molecular formula is C23H27N5OS. The molecule has 0 aliphatic carbocycles. The molecule has 0 spiro atoms. The Morgan fingerprint density at radius 1 is 0.967 bits per heavy atom. The maximum atomic E-state index is 12.3. The average Bonchev–Trinajstić information content (AvgIpc) is 2.81. The summed E-state index contributed by atoms with van der Waals surface area (Å²) >= 11 is 4.22. The molecule has 6 nitrogen and oxygen atoms in total. The summed E-state index contributed by atoms with van der Waals surface area (Å²) in [6.45, 7) is 1.16. The summed E-state index contributed by atoms with van der Waals surface area (Å²) in [4.78, 5) is 17.0. The molecule has 0 bridgehead atoms. The number of aromatic nitrogens is 1. The molecule has 0 fully saturated rings. The van der Waals surface area contributed by atoms with Gasteiger partial charge in [0.1, 0.15) is 0 Å². The van der Waals surface area contributed by atoms with E-state index in [-0.39, 0.29) is 18.5 Å². The minimum Gasteiger partial charge on any atom is -0.380 e. The van der Waals surface area contributed by atoms with Crippen molar-refractivity contribution < 1.29 is 4.79 Å². The van der Waals surface area contributed by atoms with Crippen LogP contribution in [0, 0.1) is 0 Å². The van der Waals surface area contributed by atoms with Gasteiger partial charge in [0, 0.05) is 30.4 Å². The number of carbonyl (C=O) groups is 1. The van der Waals surface area contributed by atoms with Crippen molar-refractivity contribution in [3.63, 3.8) is 0 Å². The molecule has 0 saturated carbocycles. The van der Waals surface area contributed by atoms with E-state index in [4.69, 9.17) is 10.7 Å². The molecule has 0 saturated heterocycles. The van der Waals surface area contributed by atoms with Crippen LogP contribution < -0.4 is 21.7 Å². The number of nitrogens with one attached hydrogen (secondary N) is 3. The van der Waals surface area contributed by atoms with E-state index in [0.717, 1.165) is 22.5 Å². The maximum Gasteiger partial charge on any atom is 0.239 e. The first-order chi connectivity index (χ1) is 14.7. The molecule has 1 unspecified atom stereocenters. The molecule has 7 heteroatoms. The summed E-state index contributed by atoms with van der Waals surface area (Å²) in [7, 11) is 0. The highest BCUT2D eigenvalue weighted by molar-refractivity contribution is 7.80. The third-order valence-corrected chi connectivity index (χ3v) is 4.97. The minimum absolute atomic E-state index is 0.0795. The van der Waals surface area contributed by atoms with Crippen LogP contribution in [0.15, 0.2) is 72.8 Å². The highest BCUT2D eigenvalue weighted by atomic mass is 32.1. The Morgan fingerprint density at radius 3 is 2.37 bits per heavy atom. The summed E-state index contributed by atoms with van der Waals surface area (Å²) in [6, 6.07) is 23.5. The van der Waals surface area contributed by atoms with Crippen molar-refractivity contribution in [1.29, 1.82) is 0 Å². The zero-order chi connectivity index (χ0) is 21.2. The number of carbonyl (C=O) groups excluding carboxylic acids is 1. The van der Waals surface area contributed by atoms with Crippen LogP contribution in [-0.2, 0) is 11.3 Å². The van der Waals surface area contributed by atoms with Gasteiger partial charge in [0.05, 0.1) is 17.9 Å². The molecule has 1 amide bonds. The van der Waals surface area contributed by atoms with Crippen molar-refractivity contribution in [1.82, 2.24) is 10.3 Å². The van der Waals surface area contributed by atoms with Crippen molar-refractivity contribution in [2.75, 3.05) is 29.5 Å². The van der Waals surface area contributed by atoms with Gasteiger partial charge in [-0.15, -0.1) is 0 Å². The predicted molar refractivity (Wildman–Crippen MR) is 127 cm³/mol. The molecule has 1 atom stereocenters. The summed E-state index contributed by atoms with van der Waals surface area (Å²) in [5.41, 5.74) is 9.65. The van der Waals surface area contributed by atoms with Crippen LogP contribution in [0.3, 0.4) is 0 Å². The second kappa shape index (κ2) is 11.2. The van der Waals surface area contributed by atoms with Crippen LogP contribution in [-0.4, -0.2) is 35.8 Å². The number of thiol groups is 1. The first-order valence-corrected chi connectivity index (χ1v) is 10.5. The van der Waals surface area contributed by atoms with Crippen molar-refractivity contribution >= 4 is 30.0 Å². The molecular weight excluding hydrogens is 394 g/mol. The highest BCUT2D eigenvalue weighted by Gasteiger charge is 2.10. The Kier molecular flexibility index (Phi) is 8.11. The number of rotatable bonds is 10. The van der Waals surface area contributed by atoms with E-state index in [0.29, 0.717) is 24.7 Å². The molecule has 30 heavy (non-hydrogen) atoms. The zero-order valence-corrected chi connectivity index (χ0v) is 17.6. The Bertz CT molecular complexity index is 937. The van der Waals surface area contributed by atoms with Gasteiger partial charge in [0.25, 0.3) is 0 Å². The Balaban J connectivity index is 1.68. The largest absolute Gasteiger partial charge is 0.380 e. The predicted octanol–water partition coefficient (Wildman–Crippen LogP) is 3.15. The minimum atomic E-state index is -0.108. The monoisotopic (exact) mass is 421 g/mol. The highest BCUT2D eigenvalue weighted by Crippen LogP contribution is 2.25. The molecule has 156 valence electrons. The Labute approximate surface area is 182 Å². The normalized spacial score (nSPS) is 11.5. The SMILES string of the molecule is NC(CS)CNc1ccc(-c2ccccc2)nc1NCC(=O)NCc1ccccc1. The fraction of sp³-hybridized carbons (Fsp3) is 0.217. The van der Waals surface area contributed by atoms with E-state index >= 15 is 0 Å². The summed E-state index contributed by atoms with van der Waals surface area (Å²) in [6.07, 6.45) is 0. The second-order valence-electron chi connectivity index (χ2n) is 6.90. The third-order valence-electron chi connectivity index (χ3n) is 4.50. The summed E-state index contributed by atoms with van der Waals surface area (Å²) in [5.74, 6) is 1.08. The van der Waals surface area contributed by atoms with Crippen LogP contribution in [0.4, 0.5) is 11.5 Å². The zero-order valence-electron chi connectivity index (χ0n) is 16.7. The van der Waals surface area contributed by atoms with Gasteiger partial charge in [-0.05, 0) is 17.7 Å². The molecule has 1 aromatic heterocycles. The van der Waals surface area contributed by atoms with E-state index in [1.165, 1.54) is 0 Å². The van der Waals surface area contributed by atoms with Crippen molar-refractivity contribution in [3.05, 3.63) is 78.4 Å². The molecule has 0 aliphatic heterocycles. The summed E-state index contributed by atoms with van der Waals surface area (Å²) in [5, 5.41) is 9.36. The van der Waals surface area contributed by atoms with Crippen molar-refractivity contribution in [2.24, 2.45) is 5.73 Å². The van der Waals surface area contributed by atoms with Crippen LogP contribution in [0.25, 0.3) is 11.3 Å². The van der Waals surface area contributed by atoms with Crippen LogP contribution in [0.5, 0.6) is 0 Å². The first kappa shape index (κ1) is 21.7. The van der Waals surface area contributed by atoms with Gasteiger partial charge in [-0.2, -0.15) is 12.6 Å². The number of nitrogens with zero attached hydrogens (tertiary/aromatic N) is 1. The van der Waals surface area contributed by atoms with Crippen molar-refractivity contribution in [2.45, 2.75) is 12.6 Å².